The summed E-state index contributed by atoms with van der Waals surface area (Å²) in [7, 11) is 0. The predicted molar refractivity (Wildman–Crippen MR) is 96.3 cm³/mol. The third kappa shape index (κ3) is 3.97. The Morgan fingerprint density at radius 1 is 1.17 bits per heavy atom. The number of alkyl carbamates (subject to hydrolysis) is 1. The van der Waals surface area contributed by atoms with E-state index in [1.165, 1.54) is 0 Å². The lowest BCUT2D eigenvalue weighted by Crippen LogP contribution is -2.45. The normalized spacial score (nSPS) is 14.2. The van der Waals surface area contributed by atoms with Gasteiger partial charge in [-0.2, -0.15) is 0 Å². The van der Waals surface area contributed by atoms with E-state index in [2.05, 4.69) is 5.32 Å². The zero-order chi connectivity index (χ0) is 18.0. The number of amides is 1. The first-order valence-corrected chi connectivity index (χ1v) is 8.04. The van der Waals surface area contributed by atoms with Gasteiger partial charge in [-0.1, -0.05) is 37.3 Å². The number of phenolic OH excluding ortho intramolecular Hbond substituents is 1. The van der Waals surface area contributed by atoms with E-state index in [1.54, 1.807) is 6.07 Å². The highest BCUT2D eigenvalue weighted by molar-refractivity contribution is 5.89. The molecule has 0 aromatic heterocycles. The second kappa shape index (κ2) is 6.69. The van der Waals surface area contributed by atoms with E-state index in [0.29, 0.717) is 0 Å². The van der Waals surface area contributed by atoms with Crippen molar-refractivity contribution in [2.24, 2.45) is 5.73 Å². The number of nitrogens with one attached hydrogen (secondary N) is 1. The molecule has 0 radical (unpaired) electrons. The largest absolute Gasteiger partial charge is 0.508 e. The highest BCUT2D eigenvalue weighted by atomic mass is 16.6. The summed E-state index contributed by atoms with van der Waals surface area (Å²) in [6.45, 7) is 7.89. The summed E-state index contributed by atoms with van der Waals surface area (Å²) in [4.78, 5) is 12.0. The molecule has 1 unspecified atom stereocenters. The standard InChI is InChI=1S/C19H26N2O3/c1-18(2,3)24-17(23)21-12-19(4,11-20)16-14-8-6-5-7-13(14)9-10-15(16)22/h5-10,22H,11-12,20H2,1-4H3,(H,21,23). The zero-order valence-corrected chi connectivity index (χ0v) is 14.7. The Kier molecular flexibility index (Phi) is 5.04. The zero-order valence-electron chi connectivity index (χ0n) is 14.7. The number of carbonyl (C=O) groups excluding carboxylic acids is 1. The Balaban J connectivity index is 2.33. The van der Waals surface area contributed by atoms with E-state index in [-0.39, 0.29) is 18.8 Å². The molecular formula is C19H26N2O3. The molecule has 0 spiro atoms. The number of rotatable bonds is 4. The van der Waals surface area contributed by atoms with Crippen molar-refractivity contribution in [2.45, 2.75) is 38.7 Å². The summed E-state index contributed by atoms with van der Waals surface area (Å²) in [6, 6.07) is 11.3. The molecule has 0 saturated carbocycles. The molecular weight excluding hydrogens is 304 g/mol. The van der Waals surface area contributed by atoms with Crippen LogP contribution in [0.5, 0.6) is 5.75 Å². The van der Waals surface area contributed by atoms with Crippen molar-refractivity contribution < 1.29 is 14.6 Å². The van der Waals surface area contributed by atoms with Crippen LogP contribution < -0.4 is 11.1 Å². The molecule has 0 bridgehead atoms. The molecule has 2 aromatic rings. The van der Waals surface area contributed by atoms with E-state index in [4.69, 9.17) is 10.5 Å². The average molecular weight is 330 g/mol. The minimum Gasteiger partial charge on any atom is -0.508 e. The minimum atomic E-state index is -0.623. The quantitative estimate of drug-likeness (QED) is 0.803. The number of hydrogen-bond donors (Lipinski definition) is 3. The number of fused-ring (bicyclic) bond motifs is 1. The van der Waals surface area contributed by atoms with Gasteiger partial charge >= 0.3 is 6.09 Å². The summed E-state index contributed by atoms with van der Waals surface area (Å²) in [5.41, 5.74) is 5.56. The fraction of sp³-hybridized carbons (Fsp3) is 0.421. The Bertz CT molecular complexity index is 737. The van der Waals surface area contributed by atoms with Crippen molar-refractivity contribution >= 4 is 16.9 Å². The molecule has 5 nitrogen and oxygen atoms in total. The van der Waals surface area contributed by atoms with Gasteiger partial charge in [0.25, 0.3) is 0 Å². The van der Waals surface area contributed by atoms with Crippen LogP contribution in [0.25, 0.3) is 10.8 Å². The lowest BCUT2D eigenvalue weighted by Gasteiger charge is -2.31. The van der Waals surface area contributed by atoms with E-state index in [0.717, 1.165) is 16.3 Å². The Hall–Kier alpha value is -2.27. The van der Waals surface area contributed by atoms with E-state index in [1.807, 2.05) is 58.0 Å². The van der Waals surface area contributed by atoms with Crippen LogP contribution >= 0.6 is 0 Å². The Morgan fingerprint density at radius 3 is 2.46 bits per heavy atom. The summed E-state index contributed by atoms with van der Waals surface area (Å²) < 4.78 is 5.28. The Morgan fingerprint density at radius 2 is 1.83 bits per heavy atom. The lowest BCUT2D eigenvalue weighted by molar-refractivity contribution is 0.0516. The highest BCUT2D eigenvalue weighted by Crippen LogP contribution is 2.36. The molecule has 0 heterocycles. The van der Waals surface area contributed by atoms with Crippen LogP contribution in [0, 0.1) is 0 Å². The molecule has 2 rings (SSSR count). The van der Waals surface area contributed by atoms with Crippen LogP contribution in [-0.2, 0) is 10.2 Å². The number of phenols is 1. The first-order valence-electron chi connectivity index (χ1n) is 8.04. The maximum absolute atomic E-state index is 12.0. The highest BCUT2D eigenvalue weighted by Gasteiger charge is 2.31. The van der Waals surface area contributed by atoms with Gasteiger partial charge in [-0.15, -0.1) is 0 Å². The topological polar surface area (TPSA) is 84.6 Å². The van der Waals surface area contributed by atoms with Crippen molar-refractivity contribution in [3.8, 4) is 5.75 Å². The first-order chi connectivity index (χ1) is 11.2. The van der Waals surface area contributed by atoms with Crippen molar-refractivity contribution in [1.29, 1.82) is 0 Å². The molecule has 5 heteroatoms. The van der Waals surface area contributed by atoms with Crippen LogP contribution in [0.15, 0.2) is 36.4 Å². The number of nitrogens with two attached hydrogens (primary N) is 1. The molecule has 0 saturated heterocycles. The molecule has 0 aliphatic heterocycles. The summed E-state index contributed by atoms with van der Waals surface area (Å²) in [6.07, 6.45) is -0.498. The number of aromatic hydroxyl groups is 1. The van der Waals surface area contributed by atoms with E-state index >= 15 is 0 Å². The van der Waals surface area contributed by atoms with Gasteiger partial charge in [0.15, 0.2) is 0 Å². The molecule has 1 atom stereocenters. The van der Waals surface area contributed by atoms with Crippen LogP contribution in [-0.4, -0.2) is 29.9 Å². The first kappa shape index (κ1) is 18.1. The molecule has 0 aliphatic carbocycles. The van der Waals surface area contributed by atoms with Gasteiger partial charge in [0.1, 0.15) is 11.4 Å². The third-order valence-corrected chi connectivity index (χ3v) is 3.98. The van der Waals surface area contributed by atoms with Crippen molar-refractivity contribution in [1.82, 2.24) is 5.32 Å². The number of hydrogen-bond acceptors (Lipinski definition) is 4. The fourth-order valence-corrected chi connectivity index (χ4v) is 2.74. The monoisotopic (exact) mass is 330 g/mol. The number of benzene rings is 2. The molecule has 1 amide bonds. The van der Waals surface area contributed by atoms with E-state index in [9.17, 15) is 9.90 Å². The maximum atomic E-state index is 12.0. The van der Waals surface area contributed by atoms with Gasteiger partial charge in [0.05, 0.1) is 0 Å². The smallest absolute Gasteiger partial charge is 0.407 e. The van der Waals surface area contributed by atoms with Crippen molar-refractivity contribution in [3.05, 3.63) is 42.0 Å². The average Bonchev–Trinajstić information content (AvgIpc) is 2.51. The summed E-state index contributed by atoms with van der Waals surface area (Å²) in [5.74, 6) is 0.174. The molecule has 0 aliphatic rings. The number of carbonyl (C=O) groups is 1. The van der Waals surface area contributed by atoms with Gasteiger partial charge in [-0.3, -0.25) is 0 Å². The fourth-order valence-electron chi connectivity index (χ4n) is 2.74. The molecule has 130 valence electrons. The van der Waals surface area contributed by atoms with Gasteiger partial charge in [0.2, 0.25) is 0 Å². The molecule has 24 heavy (non-hydrogen) atoms. The lowest BCUT2D eigenvalue weighted by atomic mass is 9.79. The molecule has 0 fully saturated rings. The van der Waals surface area contributed by atoms with Crippen molar-refractivity contribution in [2.75, 3.05) is 13.1 Å². The second-order valence-electron chi connectivity index (χ2n) is 7.30. The number of ether oxygens (including phenoxy) is 1. The Labute approximate surface area is 142 Å². The maximum Gasteiger partial charge on any atom is 0.407 e. The van der Waals surface area contributed by atoms with Crippen LogP contribution in [0.2, 0.25) is 0 Å². The van der Waals surface area contributed by atoms with Gasteiger partial charge in [0, 0.05) is 24.1 Å². The van der Waals surface area contributed by atoms with Crippen LogP contribution in [0.1, 0.15) is 33.3 Å². The predicted octanol–water partition coefficient (Wildman–Crippen LogP) is 3.29. The van der Waals surface area contributed by atoms with E-state index < -0.39 is 17.1 Å². The van der Waals surface area contributed by atoms with Gasteiger partial charge in [-0.05, 0) is 37.6 Å². The molecule has 4 N–H and O–H groups in total. The molecule has 2 aromatic carbocycles. The SMILES string of the molecule is CC(C)(C)OC(=O)NCC(C)(CN)c1c(O)ccc2ccccc12. The second-order valence-corrected chi connectivity index (χ2v) is 7.30. The van der Waals surface area contributed by atoms with Crippen LogP contribution in [0.3, 0.4) is 0 Å². The van der Waals surface area contributed by atoms with Crippen molar-refractivity contribution in [3.63, 3.8) is 0 Å². The summed E-state index contributed by atoms with van der Waals surface area (Å²) >= 11 is 0. The minimum absolute atomic E-state index is 0.174. The van der Waals surface area contributed by atoms with Crippen LogP contribution in [0.4, 0.5) is 4.79 Å². The third-order valence-electron chi connectivity index (χ3n) is 3.98. The van der Waals surface area contributed by atoms with Gasteiger partial charge in [-0.25, -0.2) is 4.79 Å². The summed E-state index contributed by atoms with van der Waals surface area (Å²) in [5, 5.41) is 15.1. The van der Waals surface area contributed by atoms with Gasteiger partial charge < -0.3 is 20.9 Å².